The third kappa shape index (κ3) is 4.65. The average Bonchev–Trinajstić information content (AvgIpc) is 3.10. The summed E-state index contributed by atoms with van der Waals surface area (Å²) < 4.78 is 11.6. The topological polar surface area (TPSA) is 71.4 Å². The largest absolute Gasteiger partial charge is 0.442 e. The Kier molecular flexibility index (Phi) is 5.92. The second-order valence-corrected chi connectivity index (χ2v) is 7.69. The van der Waals surface area contributed by atoms with Gasteiger partial charge < -0.3 is 14.4 Å². The van der Waals surface area contributed by atoms with Crippen molar-refractivity contribution < 1.29 is 19.1 Å². The van der Waals surface area contributed by atoms with E-state index in [1.807, 2.05) is 48.5 Å². The summed E-state index contributed by atoms with van der Waals surface area (Å²) in [7, 11) is 0. The fourth-order valence-electron chi connectivity index (χ4n) is 3.26. The first-order chi connectivity index (χ1) is 14.1. The SMILES string of the molecule is O=C1COCCN1c1ccc(N2C[C@@H](CN=Cc3ccc(Br)cc3)OC2=O)cc1. The zero-order valence-corrected chi connectivity index (χ0v) is 17.2. The van der Waals surface area contributed by atoms with E-state index in [9.17, 15) is 9.59 Å². The van der Waals surface area contributed by atoms with Gasteiger partial charge in [-0.15, -0.1) is 0 Å². The number of carbonyl (C=O) groups excluding carboxylic acids is 2. The Bertz CT molecular complexity index is 915. The van der Waals surface area contributed by atoms with Crippen molar-refractivity contribution in [3.63, 3.8) is 0 Å². The molecule has 150 valence electrons. The van der Waals surface area contributed by atoms with Crippen molar-refractivity contribution in [3.05, 3.63) is 58.6 Å². The number of cyclic esters (lactones) is 1. The molecule has 29 heavy (non-hydrogen) atoms. The standard InChI is InChI=1S/C21H20BrN3O4/c22-16-3-1-15(2-4-16)11-23-12-19-13-25(21(27)29-19)18-7-5-17(6-8-18)24-9-10-28-14-20(24)26/h1-8,11,19H,9-10,12-14H2/t19-/m1/s1. The number of halogens is 1. The van der Waals surface area contributed by atoms with E-state index in [1.165, 1.54) is 0 Å². The molecule has 0 radical (unpaired) electrons. The predicted molar refractivity (Wildman–Crippen MR) is 114 cm³/mol. The molecule has 2 amide bonds. The average molecular weight is 458 g/mol. The molecule has 0 bridgehead atoms. The Morgan fingerprint density at radius 2 is 1.72 bits per heavy atom. The number of nitrogens with zero attached hydrogens (tertiary/aromatic N) is 3. The van der Waals surface area contributed by atoms with E-state index >= 15 is 0 Å². The van der Waals surface area contributed by atoms with Crippen LogP contribution in [0.4, 0.5) is 16.2 Å². The molecule has 2 aromatic carbocycles. The first-order valence-electron chi connectivity index (χ1n) is 9.32. The van der Waals surface area contributed by atoms with Crippen molar-refractivity contribution >= 4 is 45.5 Å². The van der Waals surface area contributed by atoms with E-state index in [0.717, 1.165) is 21.4 Å². The molecule has 2 aliphatic heterocycles. The molecule has 2 saturated heterocycles. The number of ether oxygens (including phenoxy) is 2. The Morgan fingerprint density at radius 1 is 1.03 bits per heavy atom. The van der Waals surface area contributed by atoms with Gasteiger partial charge in [0.2, 0.25) is 0 Å². The number of aliphatic imine (C=N–C) groups is 1. The Morgan fingerprint density at radius 3 is 2.41 bits per heavy atom. The number of morpholine rings is 1. The van der Waals surface area contributed by atoms with Gasteiger partial charge in [-0.2, -0.15) is 0 Å². The van der Waals surface area contributed by atoms with Gasteiger partial charge in [-0.05, 0) is 42.0 Å². The second kappa shape index (κ2) is 8.75. The smallest absolute Gasteiger partial charge is 0.414 e. The summed E-state index contributed by atoms with van der Waals surface area (Å²) in [6.45, 7) is 1.99. The van der Waals surface area contributed by atoms with Crippen molar-refractivity contribution in [1.82, 2.24) is 0 Å². The predicted octanol–water partition coefficient (Wildman–Crippen LogP) is 3.26. The maximum atomic E-state index is 12.3. The Labute approximate surface area is 177 Å². The van der Waals surface area contributed by atoms with Crippen LogP contribution in [0.1, 0.15) is 5.56 Å². The highest BCUT2D eigenvalue weighted by Crippen LogP contribution is 2.25. The van der Waals surface area contributed by atoms with Crippen LogP contribution in [0.25, 0.3) is 0 Å². The van der Waals surface area contributed by atoms with Gasteiger partial charge in [-0.1, -0.05) is 28.1 Å². The van der Waals surface area contributed by atoms with Gasteiger partial charge in [-0.3, -0.25) is 14.7 Å². The summed E-state index contributed by atoms with van der Waals surface area (Å²) in [5, 5.41) is 0. The molecule has 2 fully saturated rings. The summed E-state index contributed by atoms with van der Waals surface area (Å²) >= 11 is 3.40. The number of carbonyl (C=O) groups is 2. The zero-order chi connectivity index (χ0) is 20.2. The van der Waals surface area contributed by atoms with Crippen molar-refractivity contribution in [1.29, 1.82) is 0 Å². The third-order valence-electron chi connectivity index (χ3n) is 4.75. The highest BCUT2D eigenvalue weighted by atomic mass is 79.9. The highest BCUT2D eigenvalue weighted by Gasteiger charge is 2.32. The van der Waals surface area contributed by atoms with Gasteiger partial charge in [0.15, 0.2) is 0 Å². The fourth-order valence-corrected chi connectivity index (χ4v) is 3.52. The van der Waals surface area contributed by atoms with Crippen LogP contribution >= 0.6 is 15.9 Å². The lowest BCUT2D eigenvalue weighted by molar-refractivity contribution is -0.125. The molecule has 0 unspecified atom stereocenters. The quantitative estimate of drug-likeness (QED) is 0.645. The monoisotopic (exact) mass is 457 g/mol. The zero-order valence-electron chi connectivity index (χ0n) is 15.7. The van der Waals surface area contributed by atoms with Crippen LogP contribution in [-0.2, 0) is 14.3 Å². The Balaban J connectivity index is 1.36. The molecule has 1 atom stereocenters. The Hall–Kier alpha value is -2.71. The van der Waals surface area contributed by atoms with Crippen molar-refractivity contribution in [2.75, 3.05) is 42.6 Å². The molecular weight excluding hydrogens is 438 g/mol. The lowest BCUT2D eigenvalue weighted by Gasteiger charge is -2.27. The van der Waals surface area contributed by atoms with Gasteiger partial charge in [-0.25, -0.2) is 4.79 Å². The molecule has 4 rings (SSSR count). The third-order valence-corrected chi connectivity index (χ3v) is 5.28. The molecule has 0 spiro atoms. The van der Waals surface area contributed by atoms with Gasteiger partial charge in [0, 0.05) is 28.6 Å². The van der Waals surface area contributed by atoms with E-state index in [2.05, 4.69) is 20.9 Å². The first kappa shape index (κ1) is 19.6. The van der Waals surface area contributed by atoms with Crippen LogP contribution in [0.5, 0.6) is 0 Å². The number of amides is 2. The molecule has 0 N–H and O–H groups in total. The molecule has 2 aliphatic rings. The van der Waals surface area contributed by atoms with Gasteiger partial charge in [0.05, 0.1) is 19.7 Å². The molecule has 8 heteroatoms. The number of hydrogen-bond donors (Lipinski definition) is 0. The van der Waals surface area contributed by atoms with E-state index < -0.39 is 0 Å². The van der Waals surface area contributed by atoms with Gasteiger partial charge in [0.1, 0.15) is 12.7 Å². The normalized spacial score (nSPS) is 19.8. The molecule has 0 saturated carbocycles. The molecule has 0 aliphatic carbocycles. The van der Waals surface area contributed by atoms with Gasteiger partial charge >= 0.3 is 6.09 Å². The lowest BCUT2D eigenvalue weighted by Crippen LogP contribution is -2.41. The number of rotatable bonds is 5. The molecular formula is C21H20BrN3O4. The van der Waals surface area contributed by atoms with Gasteiger partial charge in [0.25, 0.3) is 5.91 Å². The van der Waals surface area contributed by atoms with E-state index in [-0.39, 0.29) is 24.7 Å². The van der Waals surface area contributed by atoms with Crippen LogP contribution in [0.15, 0.2) is 58.0 Å². The molecule has 0 aromatic heterocycles. The van der Waals surface area contributed by atoms with Crippen LogP contribution < -0.4 is 9.80 Å². The van der Waals surface area contributed by atoms with Crippen LogP contribution in [0.3, 0.4) is 0 Å². The molecule has 2 aromatic rings. The summed E-state index contributed by atoms with van der Waals surface area (Å²) in [5.41, 5.74) is 2.52. The van der Waals surface area contributed by atoms with Crippen molar-refractivity contribution in [2.45, 2.75) is 6.10 Å². The van der Waals surface area contributed by atoms with Crippen LogP contribution in [-0.4, -0.2) is 57.2 Å². The first-order valence-corrected chi connectivity index (χ1v) is 10.1. The van der Waals surface area contributed by atoms with Crippen LogP contribution in [0, 0.1) is 0 Å². The van der Waals surface area contributed by atoms with E-state index in [4.69, 9.17) is 9.47 Å². The van der Waals surface area contributed by atoms with E-state index in [0.29, 0.717) is 26.2 Å². The summed E-state index contributed by atoms with van der Waals surface area (Å²) in [4.78, 5) is 31.9. The number of hydrogen-bond acceptors (Lipinski definition) is 5. The number of anilines is 2. The van der Waals surface area contributed by atoms with Crippen LogP contribution in [0.2, 0.25) is 0 Å². The summed E-state index contributed by atoms with van der Waals surface area (Å²) in [6.07, 6.45) is 1.09. The maximum Gasteiger partial charge on any atom is 0.414 e. The lowest BCUT2D eigenvalue weighted by atomic mass is 10.2. The highest BCUT2D eigenvalue weighted by molar-refractivity contribution is 9.10. The minimum Gasteiger partial charge on any atom is -0.442 e. The second-order valence-electron chi connectivity index (χ2n) is 6.78. The number of benzene rings is 2. The minimum absolute atomic E-state index is 0.0618. The fraction of sp³-hybridized carbons (Fsp3) is 0.286. The summed E-state index contributed by atoms with van der Waals surface area (Å²) in [6, 6.07) is 15.2. The molecule has 2 heterocycles. The van der Waals surface area contributed by atoms with Crippen molar-refractivity contribution in [3.8, 4) is 0 Å². The maximum absolute atomic E-state index is 12.3. The van der Waals surface area contributed by atoms with E-state index in [1.54, 1.807) is 16.0 Å². The minimum atomic E-state index is -0.385. The summed E-state index contributed by atoms with van der Waals surface area (Å²) in [5.74, 6) is -0.0618. The van der Waals surface area contributed by atoms with Crippen molar-refractivity contribution in [2.24, 2.45) is 4.99 Å². The molecule has 7 nitrogen and oxygen atoms in total.